The van der Waals surface area contributed by atoms with Crippen molar-refractivity contribution in [3.05, 3.63) is 22.4 Å². The summed E-state index contributed by atoms with van der Waals surface area (Å²) in [5, 5.41) is 4.46. The molecule has 2 rings (SSSR count). The van der Waals surface area contributed by atoms with Crippen molar-refractivity contribution in [2.45, 2.75) is 19.8 Å². The third-order valence-electron chi connectivity index (χ3n) is 1.83. The fourth-order valence-electron chi connectivity index (χ4n) is 1.18. The van der Waals surface area contributed by atoms with Crippen LogP contribution < -0.4 is 0 Å². The van der Waals surface area contributed by atoms with Crippen LogP contribution in [0.3, 0.4) is 0 Å². The third-order valence-corrected chi connectivity index (χ3v) is 3.88. The number of thiophene rings is 2. The summed E-state index contributed by atoms with van der Waals surface area (Å²) >= 11 is 3.72. The van der Waals surface area contributed by atoms with Gasteiger partial charge in [-0.05, 0) is 28.3 Å². The average Bonchev–Trinajstić information content (AvgIpc) is 2.41. The molecule has 0 N–H and O–H groups in total. The van der Waals surface area contributed by atoms with Crippen molar-refractivity contribution in [1.82, 2.24) is 0 Å². The van der Waals surface area contributed by atoms with E-state index in [9.17, 15) is 0 Å². The summed E-state index contributed by atoms with van der Waals surface area (Å²) in [6.07, 6.45) is 0. The van der Waals surface area contributed by atoms with Gasteiger partial charge < -0.3 is 0 Å². The topological polar surface area (TPSA) is 0 Å². The molecule has 0 saturated heterocycles. The SMILES string of the molecule is CC(C)c1csc2ccsc12. The van der Waals surface area contributed by atoms with Crippen molar-refractivity contribution >= 4 is 32.1 Å². The molecule has 0 fully saturated rings. The van der Waals surface area contributed by atoms with Crippen molar-refractivity contribution < 1.29 is 0 Å². The van der Waals surface area contributed by atoms with Crippen LogP contribution in [0.25, 0.3) is 9.40 Å². The fourth-order valence-corrected chi connectivity index (χ4v) is 3.60. The maximum Gasteiger partial charge on any atom is 0.0485 e. The highest BCUT2D eigenvalue weighted by Crippen LogP contribution is 2.34. The summed E-state index contributed by atoms with van der Waals surface area (Å²) < 4.78 is 2.93. The Balaban J connectivity index is 2.68. The monoisotopic (exact) mass is 182 g/mol. The molecule has 58 valence electrons. The number of rotatable bonds is 1. The zero-order valence-corrected chi connectivity index (χ0v) is 8.26. The lowest BCUT2D eigenvalue weighted by Crippen LogP contribution is -1.80. The smallest absolute Gasteiger partial charge is 0.0485 e. The lowest BCUT2D eigenvalue weighted by molar-refractivity contribution is 0.882. The molecular formula is C9H10S2. The molecule has 2 heterocycles. The molecule has 0 aliphatic rings. The van der Waals surface area contributed by atoms with Gasteiger partial charge in [-0.3, -0.25) is 0 Å². The van der Waals surface area contributed by atoms with Crippen molar-refractivity contribution in [2.75, 3.05) is 0 Å². The molecule has 0 bridgehead atoms. The molecule has 0 saturated carbocycles. The van der Waals surface area contributed by atoms with Gasteiger partial charge in [0.25, 0.3) is 0 Å². The standard InChI is InChI=1S/C9H10S2/c1-6(2)7-5-11-8-3-4-10-9(7)8/h3-6H,1-2H3. The average molecular weight is 182 g/mol. The van der Waals surface area contributed by atoms with Gasteiger partial charge in [-0.2, -0.15) is 0 Å². The molecule has 0 atom stereocenters. The maximum absolute atomic E-state index is 2.28. The highest BCUT2D eigenvalue weighted by atomic mass is 32.1. The zero-order chi connectivity index (χ0) is 7.84. The minimum absolute atomic E-state index is 0.669. The molecule has 0 radical (unpaired) electrons. The van der Waals surface area contributed by atoms with E-state index in [2.05, 4.69) is 30.7 Å². The first-order valence-corrected chi connectivity index (χ1v) is 5.49. The van der Waals surface area contributed by atoms with E-state index in [0.717, 1.165) is 0 Å². The van der Waals surface area contributed by atoms with Gasteiger partial charge in [0.1, 0.15) is 0 Å². The van der Waals surface area contributed by atoms with E-state index in [1.807, 2.05) is 22.7 Å². The summed E-state index contributed by atoms with van der Waals surface area (Å²) in [6.45, 7) is 4.50. The normalized spacial score (nSPS) is 11.5. The van der Waals surface area contributed by atoms with Gasteiger partial charge >= 0.3 is 0 Å². The van der Waals surface area contributed by atoms with E-state index in [1.54, 1.807) is 0 Å². The van der Waals surface area contributed by atoms with E-state index in [1.165, 1.54) is 15.0 Å². The van der Waals surface area contributed by atoms with Crippen LogP contribution >= 0.6 is 22.7 Å². The number of fused-ring (bicyclic) bond motifs is 1. The van der Waals surface area contributed by atoms with Gasteiger partial charge in [0.2, 0.25) is 0 Å². The second-order valence-corrected chi connectivity index (χ2v) is 4.79. The van der Waals surface area contributed by atoms with Crippen molar-refractivity contribution in [2.24, 2.45) is 0 Å². The van der Waals surface area contributed by atoms with E-state index in [4.69, 9.17) is 0 Å². The van der Waals surface area contributed by atoms with Crippen LogP contribution in [0, 0.1) is 0 Å². The first-order chi connectivity index (χ1) is 5.29. The third kappa shape index (κ3) is 1.10. The molecule has 0 amide bonds. The Morgan fingerprint density at radius 2 is 2.09 bits per heavy atom. The predicted molar refractivity (Wildman–Crippen MR) is 53.8 cm³/mol. The highest BCUT2D eigenvalue weighted by Gasteiger charge is 2.07. The summed E-state index contributed by atoms with van der Waals surface area (Å²) in [4.78, 5) is 0. The minimum atomic E-state index is 0.669. The van der Waals surface area contributed by atoms with Crippen molar-refractivity contribution in [3.8, 4) is 0 Å². The lowest BCUT2D eigenvalue weighted by atomic mass is 10.1. The molecule has 0 aliphatic heterocycles. The molecule has 11 heavy (non-hydrogen) atoms. The van der Waals surface area contributed by atoms with Gasteiger partial charge in [0.15, 0.2) is 0 Å². The molecule has 0 unspecified atom stereocenters. The molecule has 0 aliphatic carbocycles. The number of hydrogen-bond acceptors (Lipinski definition) is 2. The molecule has 0 spiro atoms. The molecule has 0 aromatic carbocycles. The van der Waals surface area contributed by atoms with E-state index < -0.39 is 0 Å². The van der Waals surface area contributed by atoms with Crippen LogP contribution in [0.2, 0.25) is 0 Å². The Morgan fingerprint density at radius 3 is 2.82 bits per heavy atom. The van der Waals surface area contributed by atoms with Crippen molar-refractivity contribution in [3.63, 3.8) is 0 Å². The maximum atomic E-state index is 2.28. The Morgan fingerprint density at radius 1 is 1.27 bits per heavy atom. The predicted octanol–water partition coefficient (Wildman–Crippen LogP) is 4.09. The Hall–Kier alpha value is -0.340. The van der Waals surface area contributed by atoms with Crippen LogP contribution in [0.1, 0.15) is 25.3 Å². The molecule has 2 aromatic rings. The Bertz CT molecular complexity index is 354. The van der Waals surface area contributed by atoms with Crippen LogP contribution in [-0.4, -0.2) is 0 Å². The van der Waals surface area contributed by atoms with Crippen LogP contribution in [-0.2, 0) is 0 Å². The van der Waals surface area contributed by atoms with Crippen LogP contribution in [0.4, 0.5) is 0 Å². The highest BCUT2D eigenvalue weighted by molar-refractivity contribution is 7.26. The van der Waals surface area contributed by atoms with Crippen molar-refractivity contribution in [1.29, 1.82) is 0 Å². The largest absolute Gasteiger partial charge is 0.143 e. The minimum Gasteiger partial charge on any atom is -0.143 e. The molecule has 2 aromatic heterocycles. The lowest BCUT2D eigenvalue weighted by Gasteiger charge is -1.98. The molecule has 2 heteroatoms. The van der Waals surface area contributed by atoms with Gasteiger partial charge in [-0.1, -0.05) is 13.8 Å². The Kier molecular flexibility index (Phi) is 1.74. The quantitative estimate of drug-likeness (QED) is 0.623. The van der Waals surface area contributed by atoms with E-state index >= 15 is 0 Å². The van der Waals surface area contributed by atoms with Gasteiger partial charge in [0, 0.05) is 9.40 Å². The second kappa shape index (κ2) is 2.61. The van der Waals surface area contributed by atoms with Crippen LogP contribution in [0.15, 0.2) is 16.8 Å². The first-order valence-electron chi connectivity index (χ1n) is 3.73. The van der Waals surface area contributed by atoms with E-state index in [0.29, 0.717) is 5.92 Å². The summed E-state index contributed by atoms with van der Waals surface area (Å²) in [5.74, 6) is 0.669. The summed E-state index contributed by atoms with van der Waals surface area (Å²) in [7, 11) is 0. The summed E-state index contributed by atoms with van der Waals surface area (Å²) in [5.41, 5.74) is 1.51. The molecular weight excluding hydrogens is 172 g/mol. The number of hydrogen-bond donors (Lipinski definition) is 0. The van der Waals surface area contributed by atoms with Gasteiger partial charge in [0.05, 0.1) is 0 Å². The van der Waals surface area contributed by atoms with Crippen LogP contribution in [0.5, 0.6) is 0 Å². The summed E-state index contributed by atoms with van der Waals surface area (Å²) in [6, 6.07) is 2.20. The first kappa shape index (κ1) is 7.32. The second-order valence-electron chi connectivity index (χ2n) is 2.96. The van der Waals surface area contributed by atoms with Gasteiger partial charge in [-0.15, -0.1) is 22.7 Å². The van der Waals surface area contributed by atoms with Gasteiger partial charge in [-0.25, -0.2) is 0 Å². The molecule has 0 nitrogen and oxygen atoms in total. The zero-order valence-electron chi connectivity index (χ0n) is 6.63. The van der Waals surface area contributed by atoms with E-state index in [-0.39, 0.29) is 0 Å². The fraction of sp³-hybridized carbons (Fsp3) is 0.333. The Labute approximate surface area is 74.5 Å².